The summed E-state index contributed by atoms with van der Waals surface area (Å²) in [7, 11) is 0. The van der Waals surface area contributed by atoms with Crippen LogP contribution in [0.4, 0.5) is 5.69 Å². The molecule has 0 radical (unpaired) electrons. The fraction of sp³-hybridized carbons (Fsp3) is 0.368. The van der Waals surface area contributed by atoms with Gasteiger partial charge in [0.2, 0.25) is 0 Å². The van der Waals surface area contributed by atoms with Gasteiger partial charge in [-0.05, 0) is 37.1 Å². The molecular weight excluding hydrogens is 324 g/mol. The van der Waals surface area contributed by atoms with Gasteiger partial charge in [-0.1, -0.05) is 30.3 Å². The van der Waals surface area contributed by atoms with Crippen LogP contribution in [0.25, 0.3) is 0 Å². The van der Waals surface area contributed by atoms with E-state index >= 15 is 0 Å². The number of hydrogen-bond donors (Lipinski definition) is 2. The second-order valence-electron chi connectivity index (χ2n) is 6.00. The van der Waals surface area contributed by atoms with Gasteiger partial charge in [0.15, 0.2) is 11.5 Å². The monoisotopic (exact) mass is 348 g/mol. The number of piperidine rings is 1. The average molecular weight is 349 g/mol. The van der Waals surface area contributed by atoms with Crippen LogP contribution in [-0.2, 0) is 6.61 Å². The Kier molecular flexibility index (Phi) is 7.22. The number of nitrogens with one attached hydrogen (secondary N) is 1. The highest BCUT2D eigenvalue weighted by atomic mass is 35.5. The van der Waals surface area contributed by atoms with Crippen molar-refractivity contribution in [1.29, 1.82) is 0 Å². The largest absolute Gasteiger partial charge is 0.489 e. The molecular formula is C19H25ClN2O2. The van der Waals surface area contributed by atoms with Gasteiger partial charge in [0.25, 0.3) is 0 Å². The molecule has 2 aromatic carbocycles. The first kappa shape index (κ1) is 18.4. The third-order valence-electron chi connectivity index (χ3n) is 4.08. The maximum Gasteiger partial charge on any atom is 0.163 e. The molecule has 0 aliphatic carbocycles. The van der Waals surface area contributed by atoms with Crippen molar-refractivity contribution in [3.63, 3.8) is 0 Å². The minimum atomic E-state index is 0. The molecule has 1 unspecified atom stereocenters. The summed E-state index contributed by atoms with van der Waals surface area (Å²) in [5.41, 5.74) is 7.69. The van der Waals surface area contributed by atoms with E-state index in [0.29, 0.717) is 30.6 Å². The molecule has 24 heavy (non-hydrogen) atoms. The highest BCUT2D eigenvalue weighted by Gasteiger charge is 2.15. The van der Waals surface area contributed by atoms with Crippen LogP contribution in [0.15, 0.2) is 48.5 Å². The van der Waals surface area contributed by atoms with E-state index in [9.17, 15) is 0 Å². The molecule has 1 saturated heterocycles. The first-order chi connectivity index (χ1) is 11.3. The van der Waals surface area contributed by atoms with Gasteiger partial charge in [-0.25, -0.2) is 0 Å². The van der Waals surface area contributed by atoms with Crippen LogP contribution in [0, 0.1) is 5.92 Å². The Bertz CT molecular complexity index is 616. The normalized spacial score (nSPS) is 16.9. The molecule has 1 aliphatic rings. The minimum Gasteiger partial charge on any atom is -0.489 e. The van der Waals surface area contributed by atoms with E-state index in [1.807, 2.05) is 48.5 Å². The summed E-state index contributed by atoms with van der Waals surface area (Å²) in [5, 5.41) is 3.41. The van der Waals surface area contributed by atoms with Crippen LogP contribution in [0.3, 0.4) is 0 Å². The van der Waals surface area contributed by atoms with E-state index in [1.54, 1.807) is 0 Å². The Balaban J connectivity index is 0.00000208. The Morgan fingerprint density at radius 1 is 1.04 bits per heavy atom. The molecule has 1 aliphatic heterocycles. The molecule has 3 N–H and O–H groups in total. The quantitative estimate of drug-likeness (QED) is 0.782. The van der Waals surface area contributed by atoms with Crippen molar-refractivity contribution >= 4 is 18.1 Å². The van der Waals surface area contributed by atoms with Crippen LogP contribution < -0.4 is 20.5 Å². The summed E-state index contributed by atoms with van der Waals surface area (Å²) in [5.74, 6) is 2.03. The number of ether oxygens (including phenoxy) is 2. The van der Waals surface area contributed by atoms with Gasteiger partial charge < -0.3 is 20.5 Å². The van der Waals surface area contributed by atoms with Crippen molar-refractivity contribution in [3.05, 3.63) is 54.1 Å². The summed E-state index contributed by atoms with van der Waals surface area (Å²) in [6, 6.07) is 15.7. The molecule has 1 fully saturated rings. The topological polar surface area (TPSA) is 56.5 Å². The Morgan fingerprint density at radius 2 is 1.88 bits per heavy atom. The van der Waals surface area contributed by atoms with Gasteiger partial charge >= 0.3 is 0 Å². The van der Waals surface area contributed by atoms with Crippen molar-refractivity contribution in [2.24, 2.45) is 5.92 Å². The zero-order valence-corrected chi connectivity index (χ0v) is 14.6. The zero-order valence-electron chi connectivity index (χ0n) is 13.7. The predicted octanol–water partition coefficient (Wildman–Crippen LogP) is 3.65. The lowest BCUT2D eigenvalue weighted by Crippen LogP contribution is -2.33. The second kappa shape index (κ2) is 9.40. The van der Waals surface area contributed by atoms with Crippen molar-refractivity contribution in [2.45, 2.75) is 19.4 Å². The smallest absolute Gasteiger partial charge is 0.163 e. The fourth-order valence-electron chi connectivity index (χ4n) is 2.77. The number of halogens is 1. The Hall–Kier alpha value is -1.91. The number of benzene rings is 2. The van der Waals surface area contributed by atoms with Gasteiger partial charge in [-0.15, -0.1) is 12.4 Å². The molecule has 0 amide bonds. The van der Waals surface area contributed by atoms with Gasteiger partial charge in [-0.2, -0.15) is 0 Å². The third-order valence-corrected chi connectivity index (χ3v) is 4.08. The first-order valence-electron chi connectivity index (χ1n) is 8.21. The third kappa shape index (κ3) is 5.32. The van der Waals surface area contributed by atoms with Crippen molar-refractivity contribution in [2.75, 3.05) is 25.4 Å². The maximum absolute atomic E-state index is 6.00. The zero-order chi connectivity index (χ0) is 15.9. The standard InChI is InChI=1S/C19H24N2O2.ClH/c20-17-8-9-18(22-14-16-7-4-10-21-12-16)19(11-17)23-13-15-5-2-1-3-6-15;/h1-3,5-6,8-9,11,16,21H,4,7,10,12-14,20H2;1H. The van der Waals surface area contributed by atoms with Crippen LogP contribution >= 0.6 is 12.4 Å². The lowest BCUT2D eigenvalue weighted by molar-refractivity contribution is 0.204. The molecule has 0 aromatic heterocycles. The number of nitrogen functional groups attached to an aromatic ring is 1. The van der Waals surface area contributed by atoms with Gasteiger partial charge in [0, 0.05) is 24.2 Å². The number of rotatable bonds is 6. The van der Waals surface area contributed by atoms with Crippen molar-refractivity contribution in [3.8, 4) is 11.5 Å². The summed E-state index contributed by atoms with van der Waals surface area (Å²) in [4.78, 5) is 0. The number of anilines is 1. The molecule has 0 saturated carbocycles. The Morgan fingerprint density at radius 3 is 2.62 bits per heavy atom. The molecule has 1 heterocycles. The van der Waals surface area contributed by atoms with Crippen LogP contribution in [-0.4, -0.2) is 19.7 Å². The Labute approximate surface area is 149 Å². The van der Waals surface area contributed by atoms with Gasteiger partial charge in [0.05, 0.1) is 6.61 Å². The van der Waals surface area contributed by atoms with Gasteiger partial charge in [0.1, 0.15) is 6.61 Å². The van der Waals surface area contributed by atoms with Crippen molar-refractivity contribution in [1.82, 2.24) is 5.32 Å². The maximum atomic E-state index is 6.00. The average Bonchev–Trinajstić information content (AvgIpc) is 2.61. The van der Waals surface area contributed by atoms with E-state index < -0.39 is 0 Å². The highest BCUT2D eigenvalue weighted by Crippen LogP contribution is 2.31. The van der Waals surface area contributed by atoms with Gasteiger partial charge in [-0.3, -0.25) is 0 Å². The van der Waals surface area contributed by atoms with Crippen LogP contribution in [0.1, 0.15) is 18.4 Å². The predicted molar refractivity (Wildman–Crippen MR) is 100.0 cm³/mol. The minimum absolute atomic E-state index is 0. The van der Waals surface area contributed by atoms with Crippen molar-refractivity contribution < 1.29 is 9.47 Å². The fourth-order valence-corrected chi connectivity index (χ4v) is 2.77. The molecule has 3 rings (SSSR count). The molecule has 0 spiro atoms. The molecule has 5 heteroatoms. The number of nitrogens with two attached hydrogens (primary N) is 1. The van der Waals surface area contributed by atoms with Crippen LogP contribution in [0.2, 0.25) is 0 Å². The molecule has 1 atom stereocenters. The van der Waals surface area contributed by atoms with E-state index in [0.717, 1.165) is 24.4 Å². The van der Waals surface area contributed by atoms with E-state index in [4.69, 9.17) is 15.2 Å². The molecule has 4 nitrogen and oxygen atoms in total. The molecule has 0 bridgehead atoms. The highest BCUT2D eigenvalue weighted by molar-refractivity contribution is 5.85. The number of hydrogen-bond acceptors (Lipinski definition) is 4. The summed E-state index contributed by atoms with van der Waals surface area (Å²) in [6.45, 7) is 3.35. The summed E-state index contributed by atoms with van der Waals surface area (Å²) < 4.78 is 11.9. The van der Waals surface area contributed by atoms with Crippen LogP contribution in [0.5, 0.6) is 11.5 Å². The lowest BCUT2D eigenvalue weighted by Gasteiger charge is -2.23. The van der Waals surface area contributed by atoms with E-state index in [1.165, 1.54) is 12.8 Å². The molecule has 130 valence electrons. The SMILES string of the molecule is Cl.Nc1ccc(OCC2CCCNC2)c(OCc2ccccc2)c1. The summed E-state index contributed by atoms with van der Waals surface area (Å²) in [6.07, 6.45) is 2.43. The lowest BCUT2D eigenvalue weighted by atomic mass is 10.0. The van der Waals surface area contributed by atoms with E-state index in [2.05, 4.69) is 5.32 Å². The first-order valence-corrected chi connectivity index (χ1v) is 8.21. The van der Waals surface area contributed by atoms with E-state index in [-0.39, 0.29) is 12.4 Å². The second-order valence-corrected chi connectivity index (χ2v) is 6.00. The molecule has 2 aromatic rings. The summed E-state index contributed by atoms with van der Waals surface area (Å²) >= 11 is 0.